The number of hydrogen-bond acceptors (Lipinski definition) is 2. The molecule has 26 heavy (non-hydrogen) atoms. The van der Waals surface area contributed by atoms with Gasteiger partial charge in [-0.25, -0.2) is 0 Å². The summed E-state index contributed by atoms with van der Waals surface area (Å²) >= 11 is 1.62. The first kappa shape index (κ1) is 19.0. The number of hydrogen-bond donors (Lipinski definition) is 0. The summed E-state index contributed by atoms with van der Waals surface area (Å²) < 4.78 is 38.3. The van der Waals surface area contributed by atoms with Crippen LogP contribution in [0.5, 0.6) is 0 Å². The van der Waals surface area contributed by atoms with E-state index in [1.54, 1.807) is 11.3 Å². The normalized spacial score (nSPS) is 20.8. The number of nitrogens with zero attached hydrogens (tertiary/aromatic N) is 1. The van der Waals surface area contributed by atoms with Crippen molar-refractivity contribution in [2.24, 2.45) is 5.92 Å². The highest BCUT2D eigenvalue weighted by molar-refractivity contribution is 7.10. The Morgan fingerprint density at radius 2 is 1.88 bits per heavy atom. The summed E-state index contributed by atoms with van der Waals surface area (Å²) in [5, 5.41) is 1.99. The Kier molecular flexibility index (Phi) is 5.42. The van der Waals surface area contributed by atoms with Crippen LogP contribution in [0, 0.1) is 5.92 Å². The molecule has 1 aromatic carbocycles. The minimum Gasteiger partial charge on any atom is -0.328 e. The molecule has 0 unspecified atom stereocenters. The van der Waals surface area contributed by atoms with Crippen molar-refractivity contribution in [3.05, 3.63) is 57.8 Å². The van der Waals surface area contributed by atoms with Gasteiger partial charge >= 0.3 is 6.18 Å². The van der Waals surface area contributed by atoms with Crippen LogP contribution in [-0.2, 0) is 6.18 Å². The van der Waals surface area contributed by atoms with Gasteiger partial charge in [-0.05, 0) is 60.9 Å². The molecule has 1 aliphatic rings. The van der Waals surface area contributed by atoms with Gasteiger partial charge in [-0.3, -0.25) is 4.79 Å². The molecule has 0 radical (unpaired) electrons. The second kappa shape index (κ2) is 7.43. The van der Waals surface area contributed by atoms with Crippen LogP contribution >= 0.6 is 11.3 Å². The molecule has 2 nitrogen and oxygen atoms in total. The van der Waals surface area contributed by atoms with E-state index < -0.39 is 11.7 Å². The zero-order valence-electron chi connectivity index (χ0n) is 14.8. The van der Waals surface area contributed by atoms with E-state index in [9.17, 15) is 18.0 Å². The maximum Gasteiger partial charge on any atom is 0.416 e. The molecule has 1 amide bonds. The highest BCUT2D eigenvalue weighted by Gasteiger charge is 2.39. The number of carbonyl (C=O) groups excluding carboxylic acids is 1. The van der Waals surface area contributed by atoms with E-state index >= 15 is 0 Å². The van der Waals surface area contributed by atoms with Gasteiger partial charge in [-0.15, -0.1) is 11.3 Å². The topological polar surface area (TPSA) is 20.3 Å². The Morgan fingerprint density at radius 3 is 2.42 bits per heavy atom. The Labute approximate surface area is 155 Å². The van der Waals surface area contributed by atoms with Gasteiger partial charge in [0.2, 0.25) is 0 Å². The molecule has 0 aliphatic carbocycles. The summed E-state index contributed by atoms with van der Waals surface area (Å²) in [7, 11) is 0. The van der Waals surface area contributed by atoms with Gasteiger partial charge in [0.25, 0.3) is 5.91 Å². The maximum absolute atomic E-state index is 13.2. The molecule has 0 saturated carbocycles. The second-order valence-electron chi connectivity index (χ2n) is 7.18. The molecule has 0 N–H and O–H groups in total. The van der Waals surface area contributed by atoms with E-state index in [2.05, 4.69) is 13.8 Å². The lowest BCUT2D eigenvalue weighted by molar-refractivity contribution is -0.137. The molecular weight excluding hydrogens is 359 g/mol. The van der Waals surface area contributed by atoms with E-state index in [0.717, 1.165) is 36.3 Å². The third-order valence-electron chi connectivity index (χ3n) is 4.81. The lowest BCUT2D eigenvalue weighted by atomic mass is 10.0. The van der Waals surface area contributed by atoms with Crippen molar-refractivity contribution in [2.45, 2.75) is 51.4 Å². The molecule has 1 aliphatic heterocycles. The van der Waals surface area contributed by atoms with Gasteiger partial charge in [0.15, 0.2) is 0 Å². The molecule has 1 saturated heterocycles. The molecule has 0 spiro atoms. The van der Waals surface area contributed by atoms with Crippen molar-refractivity contribution in [3.8, 4) is 0 Å². The number of carbonyl (C=O) groups is 1. The van der Waals surface area contributed by atoms with Crippen molar-refractivity contribution in [1.82, 2.24) is 4.90 Å². The maximum atomic E-state index is 13.2. The number of halogens is 3. The quantitative estimate of drug-likeness (QED) is 0.621. The molecule has 2 aromatic rings. The Hall–Kier alpha value is -1.82. The summed E-state index contributed by atoms with van der Waals surface area (Å²) in [6.45, 7) is 4.25. The first-order valence-corrected chi connectivity index (χ1v) is 9.68. The molecule has 2 atom stereocenters. The van der Waals surface area contributed by atoms with E-state index in [0.29, 0.717) is 11.5 Å². The minimum absolute atomic E-state index is 0.00791. The monoisotopic (exact) mass is 381 g/mol. The number of benzene rings is 1. The van der Waals surface area contributed by atoms with Crippen LogP contribution < -0.4 is 0 Å². The SMILES string of the molecule is CC(C)C[C@@H]1CC[C@H](c2cccs2)N1C(=O)c1ccc(C(F)(F)F)cc1. The van der Waals surface area contributed by atoms with Gasteiger partial charge < -0.3 is 4.90 Å². The van der Waals surface area contributed by atoms with Crippen LogP contribution in [0.3, 0.4) is 0 Å². The predicted molar refractivity (Wildman–Crippen MR) is 97.2 cm³/mol. The summed E-state index contributed by atoms with van der Waals surface area (Å²) in [4.78, 5) is 16.2. The molecule has 140 valence electrons. The van der Waals surface area contributed by atoms with Crippen LogP contribution in [0.2, 0.25) is 0 Å². The standard InChI is InChI=1S/C20H22F3NOS/c1-13(2)12-16-9-10-17(18-4-3-11-26-18)24(16)19(25)14-5-7-15(8-6-14)20(21,22)23/h3-8,11,13,16-17H,9-10,12H2,1-2H3/t16-,17+/m0/s1. The predicted octanol–water partition coefficient (Wildman–Crippen LogP) is 6.16. The van der Waals surface area contributed by atoms with Gasteiger partial charge in [0.05, 0.1) is 11.6 Å². The highest BCUT2D eigenvalue weighted by atomic mass is 32.1. The lowest BCUT2D eigenvalue weighted by Crippen LogP contribution is -2.38. The summed E-state index contributed by atoms with van der Waals surface area (Å²) in [5.41, 5.74) is -0.417. The Bertz CT molecular complexity index is 737. The number of thiophene rings is 1. The van der Waals surface area contributed by atoms with Crippen molar-refractivity contribution < 1.29 is 18.0 Å². The average molecular weight is 381 g/mol. The highest BCUT2D eigenvalue weighted by Crippen LogP contribution is 2.41. The van der Waals surface area contributed by atoms with Gasteiger partial charge in [0, 0.05) is 16.5 Å². The molecular formula is C20H22F3NOS. The largest absolute Gasteiger partial charge is 0.416 e. The van der Waals surface area contributed by atoms with E-state index in [-0.39, 0.29) is 18.0 Å². The minimum atomic E-state index is -4.39. The molecule has 0 bridgehead atoms. The second-order valence-corrected chi connectivity index (χ2v) is 8.16. The average Bonchev–Trinajstić information content (AvgIpc) is 3.22. The fraction of sp³-hybridized carbons (Fsp3) is 0.450. The third-order valence-corrected chi connectivity index (χ3v) is 5.78. The van der Waals surface area contributed by atoms with Crippen LogP contribution in [0.15, 0.2) is 41.8 Å². The van der Waals surface area contributed by atoms with Gasteiger partial charge in [-0.2, -0.15) is 13.2 Å². The van der Waals surface area contributed by atoms with E-state index in [4.69, 9.17) is 0 Å². The van der Waals surface area contributed by atoms with Crippen molar-refractivity contribution in [2.75, 3.05) is 0 Å². The van der Waals surface area contributed by atoms with Crippen LogP contribution in [-0.4, -0.2) is 16.8 Å². The molecule has 6 heteroatoms. The number of amides is 1. The summed E-state index contributed by atoms with van der Waals surface area (Å²) in [6, 6.07) is 8.69. The molecule has 3 rings (SSSR count). The van der Waals surface area contributed by atoms with Crippen molar-refractivity contribution in [1.29, 1.82) is 0 Å². The van der Waals surface area contributed by atoms with Crippen molar-refractivity contribution in [3.63, 3.8) is 0 Å². The third kappa shape index (κ3) is 3.95. The number of alkyl halides is 3. The van der Waals surface area contributed by atoms with Crippen LogP contribution in [0.1, 0.15) is 60.0 Å². The fourth-order valence-corrected chi connectivity index (χ4v) is 4.54. The number of likely N-dealkylation sites (tertiary alicyclic amines) is 1. The molecule has 2 heterocycles. The molecule has 1 fully saturated rings. The van der Waals surface area contributed by atoms with E-state index in [1.807, 2.05) is 22.4 Å². The lowest BCUT2D eigenvalue weighted by Gasteiger charge is -2.31. The first-order chi connectivity index (χ1) is 12.3. The van der Waals surface area contributed by atoms with E-state index in [1.165, 1.54) is 12.1 Å². The van der Waals surface area contributed by atoms with Gasteiger partial charge in [0.1, 0.15) is 0 Å². The van der Waals surface area contributed by atoms with Crippen molar-refractivity contribution >= 4 is 17.2 Å². The van der Waals surface area contributed by atoms with Crippen LogP contribution in [0.25, 0.3) is 0 Å². The summed E-state index contributed by atoms with van der Waals surface area (Å²) in [5.74, 6) is 0.269. The number of rotatable bonds is 4. The fourth-order valence-electron chi connectivity index (χ4n) is 3.68. The van der Waals surface area contributed by atoms with Crippen LogP contribution in [0.4, 0.5) is 13.2 Å². The van der Waals surface area contributed by atoms with Gasteiger partial charge in [-0.1, -0.05) is 19.9 Å². The zero-order valence-corrected chi connectivity index (χ0v) is 15.6. The smallest absolute Gasteiger partial charge is 0.328 e. The molecule has 1 aromatic heterocycles. The Morgan fingerprint density at radius 1 is 1.19 bits per heavy atom. The Balaban J connectivity index is 1.89. The summed E-state index contributed by atoms with van der Waals surface area (Å²) in [6.07, 6.45) is -1.68. The first-order valence-electron chi connectivity index (χ1n) is 8.80. The zero-order chi connectivity index (χ0) is 18.9.